The van der Waals surface area contributed by atoms with Crippen LogP contribution in [-0.4, -0.2) is 17.8 Å². The molecule has 1 aromatic carbocycles. The molecular formula is C18H26N2O3. The van der Waals surface area contributed by atoms with Gasteiger partial charge in [0.25, 0.3) is 0 Å². The van der Waals surface area contributed by atoms with Crippen molar-refractivity contribution in [3.63, 3.8) is 0 Å². The van der Waals surface area contributed by atoms with Crippen LogP contribution in [0.4, 0.5) is 0 Å². The number of rotatable bonds is 10. The third-order valence-corrected chi connectivity index (χ3v) is 4.37. The van der Waals surface area contributed by atoms with Gasteiger partial charge in [0.1, 0.15) is 5.78 Å². The van der Waals surface area contributed by atoms with E-state index in [0.29, 0.717) is 31.2 Å². The largest absolute Gasteiger partial charge is 0.373 e. The van der Waals surface area contributed by atoms with Crippen LogP contribution in [0.1, 0.15) is 62.0 Å². The molecule has 0 amide bonds. The minimum Gasteiger partial charge on any atom is -0.373 e. The zero-order chi connectivity index (χ0) is 16.7. The summed E-state index contributed by atoms with van der Waals surface area (Å²) in [5.74, 6) is 5.16. The number of ketones is 1. The molecule has 0 aliphatic heterocycles. The molecule has 1 aliphatic rings. The van der Waals surface area contributed by atoms with E-state index in [9.17, 15) is 9.59 Å². The maximum atomic E-state index is 12.0. The molecule has 2 unspecified atom stereocenters. The molecule has 126 valence electrons. The summed E-state index contributed by atoms with van der Waals surface area (Å²) in [6.07, 6.45) is 6.00. The van der Waals surface area contributed by atoms with Crippen molar-refractivity contribution in [2.45, 2.75) is 63.3 Å². The molecule has 1 aliphatic carbocycles. The smallest absolute Gasteiger partial charge is 0.324 e. The van der Waals surface area contributed by atoms with Gasteiger partial charge in [0, 0.05) is 31.2 Å². The minimum absolute atomic E-state index is 0.266. The summed E-state index contributed by atoms with van der Waals surface area (Å²) in [4.78, 5) is 26.9. The zero-order valence-corrected chi connectivity index (χ0v) is 13.5. The Balaban J connectivity index is 1.58. The van der Waals surface area contributed by atoms with Crippen molar-refractivity contribution in [1.29, 1.82) is 0 Å². The SMILES string of the molecule is NOC(=O)CCCCCCC(=O)Cc1ccc(C2CC2N)cc1. The van der Waals surface area contributed by atoms with Gasteiger partial charge in [-0.25, -0.2) is 0 Å². The molecule has 0 saturated heterocycles. The molecule has 0 heterocycles. The molecule has 1 aromatic rings. The van der Waals surface area contributed by atoms with Gasteiger partial charge in [-0.3, -0.25) is 9.59 Å². The third kappa shape index (κ3) is 6.12. The summed E-state index contributed by atoms with van der Waals surface area (Å²) in [7, 11) is 0. The summed E-state index contributed by atoms with van der Waals surface area (Å²) in [6, 6.07) is 8.58. The van der Waals surface area contributed by atoms with Crippen LogP contribution in [0.5, 0.6) is 0 Å². The summed E-state index contributed by atoms with van der Waals surface area (Å²) in [5.41, 5.74) is 8.20. The Hall–Kier alpha value is -1.72. The monoisotopic (exact) mass is 318 g/mol. The van der Waals surface area contributed by atoms with E-state index in [4.69, 9.17) is 11.6 Å². The summed E-state index contributed by atoms with van der Waals surface area (Å²) in [5, 5.41) is 0. The van der Waals surface area contributed by atoms with Crippen LogP contribution >= 0.6 is 0 Å². The lowest BCUT2D eigenvalue weighted by Crippen LogP contribution is -2.09. The molecule has 0 aromatic heterocycles. The Morgan fingerprint density at radius 2 is 1.65 bits per heavy atom. The van der Waals surface area contributed by atoms with Crippen LogP contribution < -0.4 is 11.6 Å². The molecule has 0 radical (unpaired) electrons. The molecule has 1 saturated carbocycles. The van der Waals surface area contributed by atoms with E-state index in [1.807, 2.05) is 12.1 Å². The number of hydrogen-bond acceptors (Lipinski definition) is 5. The number of carbonyl (C=O) groups is 2. The van der Waals surface area contributed by atoms with Crippen LogP contribution in [0.3, 0.4) is 0 Å². The third-order valence-electron chi connectivity index (χ3n) is 4.37. The van der Waals surface area contributed by atoms with E-state index in [1.54, 1.807) is 0 Å². The average Bonchev–Trinajstić information content (AvgIpc) is 3.28. The number of unbranched alkanes of at least 4 members (excludes halogenated alkanes) is 3. The van der Waals surface area contributed by atoms with E-state index >= 15 is 0 Å². The van der Waals surface area contributed by atoms with Gasteiger partial charge in [0.05, 0.1) is 0 Å². The Labute approximate surface area is 137 Å². The van der Waals surface area contributed by atoms with Crippen molar-refractivity contribution in [3.8, 4) is 0 Å². The predicted molar refractivity (Wildman–Crippen MR) is 88.5 cm³/mol. The lowest BCUT2D eigenvalue weighted by atomic mass is 10.0. The molecule has 23 heavy (non-hydrogen) atoms. The van der Waals surface area contributed by atoms with Gasteiger partial charge in [0.15, 0.2) is 0 Å². The topological polar surface area (TPSA) is 95.4 Å². The highest BCUT2D eigenvalue weighted by atomic mass is 16.7. The summed E-state index contributed by atoms with van der Waals surface area (Å²) >= 11 is 0. The van der Waals surface area contributed by atoms with Crippen LogP contribution in [0.15, 0.2) is 24.3 Å². The van der Waals surface area contributed by atoms with E-state index in [-0.39, 0.29) is 11.8 Å². The molecule has 2 atom stereocenters. The van der Waals surface area contributed by atoms with Gasteiger partial charge in [-0.2, -0.15) is 5.90 Å². The number of carbonyl (C=O) groups excluding carboxylic acids is 2. The van der Waals surface area contributed by atoms with Crippen LogP contribution in [0, 0.1) is 0 Å². The Kier molecular flexibility index (Phi) is 6.74. The number of Topliss-reactive ketones (excluding diaryl/α,β-unsaturated/α-hetero) is 1. The number of hydrogen-bond donors (Lipinski definition) is 2. The molecule has 5 heteroatoms. The van der Waals surface area contributed by atoms with Crippen LogP contribution in [-0.2, 0) is 20.8 Å². The van der Waals surface area contributed by atoms with Gasteiger partial charge >= 0.3 is 5.97 Å². The van der Waals surface area contributed by atoms with Gasteiger partial charge in [-0.1, -0.05) is 37.1 Å². The van der Waals surface area contributed by atoms with E-state index in [0.717, 1.165) is 37.7 Å². The maximum absolute atomic E-state index is 12.0. The Morgan fingerprint density at radius 3 is 2.22 bits per heavy atom. The second-order valence-electron chi connectivity index (χ2n) is 6.37. The van der Waals surface area contributed by atoms with Crippen molar-refractivity contribution in [2.24, 2.45) is 11.6 Å². The summed E-state index contributed by atoms with van der Waals surface area (Å²) in [6.45, 7) is 0. The fourth-order valence-electron chi connectivity index (χ4n) is 2.80. The summed E-state index contributed by atoms with van der Waals surface area (Å²) < 4.78 is 0. The second kappa shape index (κ2) is 8.79. The fraction of sp³-hybridized carbons (Fsp3) is 0.556. The zero-order valence-electron chi connectivity index (χ0n) is 13.5. The highest BCUT2D eigenvalue weighted by molar-refractivity contribution is 5.80. The van der Waals surface area contributed by atoms with E-state index in [1.165, 1.54) is 5.56 Å². The second-order valence-corrected chi connectivity index (χ2v) is 6.37. The predicted octanol–water partition coefficient (Wildman–Crippen LogP) is 2.37. The first-order valence-electron chi connectivity index (χ1n) is 8.36. The van der Waals surface area contributed by atoms with Crippen LogP contribution in [0.2, 0.25) is 0 Å². The molecule has 1 fully saturated rings. The van der Waals surface area contributed by atoms with E-state index in [2.05, 4.69) is 17.0 Å². The Bertz CT molecular complexity index is 528. The number of benzene rings is 1. The van der Waals surface area contributed by atoms with Crippen molar-refractivity contribution >= 4 is 11.8 Å². The van der Waals surface area contributed by atoms with E-state index < -0.39 is 0 Å². The first-order chi connectivity index (χ1) is 11.1. The standard InChI is InChI=1S/C18H26N2O3/c19-17-12-16(17)14-9-7-13(8-10-14)11-15(21)5-3-1-2-4-6-18(22)23-20/h7-10,16-17H,1-6,11-12,19-20H2. The van der Waals surface area contributed by atoms with Gasteiger partial charge in [0.2, 0.25) is 0 Å². The first-order valence-corrected chi connectivity index (χ1v) is 8.36. The number of nitrogens with two attached hydrogens (primary N) is 2. The quantitative estimate of drug-likeness (QED) is 0.510. The van der Waals surface area contributed by atoms with Gasteiger partial charge in [-0.05, 0) is 30.4 Å². The van der Waals surface area contributed by atoms with Crippen LogP contribution in [0.25, 0.3) is 0 Å². The lowest BCUT2D eigenvalue weighted by molar-refractivity contribution is -0.144. The minimum atomic E-state index is -0.378. The lowest BCUT2D eigenvalue weighted by Gasteiger charge is -2.04. The molecule has 5 nitrogen and oxygen atoms in total. The molecular weight excluding hydrogens is 292 g/mol. The van der Waals surface area contributed by atoms with Crippen molar-refractivity contribution in [1.82, 2.24) is 0 Å². The van der Waals surface area contributed by atoms with Gasteiger partial charge in [-0.15, -0.1) is 0 Å². The van der Waals surface area contributed by atoms with Crippen molar-refractivity contribution < 1.29 is 14.4 Å². The highest BCUT2D eigenvalue weighted by Gasteiger charge is 2.34. The Morgan fingerprint density at radius 1 is 1.04 bits per heavy atom. The first kappa shape index (κ1) is 17.6. The van der Waals surface area contributed by atoms with Gasteiger partial charge < -0.3 is 10.6 Å². The van der Waals surface area contributed by atoms with Crippen molar-refractivity contribution in [3.05, 3.63) is 35.4 Å². The maximum Gasteiger partial charge on any atom is 0.324 e. The highest BCUT2D eigenvalue weighted by Crippen LogP contribution is 2.38. The molecule has 4 N–H and O–H groups in total. The molecule has 0 bridgehead atoms. The normalized spacial score (nSPS) is 19.4. The van der Waals surface area contributed by atoms with Crippen molar-refractivity contribution in [2.75, 3.05) is 0 Å². The average molecular weight is 318 g/mol. The molecule has 0 spiro atoms. The fourth-order valence-corrected chi connectivity index (χ4v) is 2.80. The molecule has 2 rings (SSSR count).